The maximum atomic E-state index is 9.76. The van der Waals surface area contributed by atoms with Crippen molar-refractivity contribution in [3.05, 3.63) is 0 Å². The van der Waals surface area contributed by atoms with Crippen LogP contribution in [0.25, 0.3) is 0 Å². The minimum atomic E-state index is -3.29. The Labute approximate surface area is 73.2 Å². The van der Waals surface area contributed by atoms with Crippen molar-refractivity contribution in [2.24, 2.45) is 5.73 Å². The van der Waals surface area contributed by atoms with Crippen molar-refractivity contribution in [2.45, 2.75) is 6.04 Å². The van der Waals surface area contributed by atoms with E-state index in [9.17, 15) is 4.79 Å². The molecule has 0 saturated heterocycles. The molecule has 0 saturated carbocycles. The molecule has 68 valence electrons. The first-order chi connectivity index (χ1) is 4.91. The molecule has 0 aromatic rings. The molecule has 0 aliphatic carbocycles. The second-order valence-electron chi connectivity index (χ2n) is 1.36. The zero-order valence-corrected chi connectivity index (χ0v) is 7.98. The summed E-state index contributed by atoms with van der Waals surface area (Å²) in [4.78, 5) is 9.76. The Bertz CT molecular complexity index is 138. The minimum absolute atomic E-state index is 0.190. The Morgan fingerprint density at radius 1 is 1.64 bits per heavy atom. The van der Waals surface area contributed by atoms with Crippen molar-refractivity contribution in [3.63, 3.8) is 0 Å². The fourth-order valence-corrected chi connectivity index (χ4v) is 0.234. The fourth-order valence-electron chi connectivity index (χ4n) is 0.0781. The molecule has 0 fully saturated rings. The summed E-state index contributed by atoms with van der Waals surface area (Å²) in [7, 11) is 0. The quantitative estimate of drug-likeness (QED) is 0.278. The van der Waals surface area contributed by atoms with E-state index in [4.69, 9.17) is 23.1 Å². The second kappa shape index (κ2) is 8.12. The summed E-state index contributed by atoms with van der Waals surface area (Å²) in [6.07, 6.45) is 0. The van der Waals surface area contributed by atoms with Crippen LogP contribution < -0.4 is 5.73 Å². The number of aliphatic carboxylic acids is 1. The van der Waals surface area contributed by atoms with E-state index in [2.05, 4.69) is 12.6 Å². The molecule has 5 N–H and O–H groups in total. The van der Waals surface area contributed by atoms with Gasteiger partial charge in [0.1, 0.15) is 6.04 Å². The van der Waals surface area contributed by atoms with Gasteiger partial charge in [0.05, 0.1) is 0 Å². The molecule has 0 spiro atoms. The van der Waals surface area contributed by atoms with Crippen LogP contribution in [-0.4, -0.2) is 45.7 Å². The zero-order chi connectivity index (χ0) is 9.44. The predicted molar refractivity (Wildman–Crippen MR) is 40.3 cm³/mol. The number of rotatable bonds is 2. The van der Waals surface area contributed by atoms with E-state index in [1.54, 1.807) is 0 Å². The number of carboxylic acid groups (broad SMARTS) is 1. The second-order valence-corrected chi connectivity index (χ2v) is 2.69. The molecule has 0 heterocycles. The SMILES string of the molecule is N[C@@H](CS)C(=O)O.O=[Se](O)O. The average molecular weight is 250 g/mol. The van der Waals surface area contributed by atoms with Gasteiger partial charge in [-0.05, 0) is 0 Å². The third-order valence-electron chi connectivity index (χ3n) is 0.514. The molecule has 0 aliphatic rings. The van der Waals surface area contributed by atoms with Gasteiger partial charge in [0.25, 0.3) is 0 Å². The van der Waals surface area contributed by atoms with E-state index in [0.29, 0.717) is 0 Å². The number of carbonyl (C=O) groups is 1. The van der Waals surface area contributed by atoms with Crippen LogP contribution in [0.5, 0.6) is 0 Å². The number of carboxylic acids is 1. The van der Waals surface area contributed by atoms with Gasteiger partial charge in [0.2, 0.25) is 0 Å². The van der Waals surface area contributed by atoms with Crippen molar-refractivity contribution in [2.75, 3.05) is 5.75 Å². The van der Waals surface area contributed by atoms with Crippen molar-refractivity contribution < 1.29 is 22.1 Å². The molecule has 6 nitrogen and oxygen atoms in total. The molecular formula is C3H9NO5SSe. The van der Waals surface area contributed by atoms with Crippen LogP contribution in [0.4, 0.5) is 0 Å². The predicted octanol–water partition coefficient (Wildman–Crippen LogP) is -2.29. The summed E-state index contributed by atoms with van der Waals surface area (Å²) < 4.78 is 23.1. The molecule has 0 rings (SSSR count). The van der Waals surface area contributed by atoms with Crippen LogP contribution in [-0.2, 0) is 8.63 Å². The summed E-state index contributed by atoms with van der Waals surface area (Å²) >= 11 is 0.357. The van der Waals surface area contributed by atoms with Gasteiger partial charge in [-0.15, -0.1) is 0 Å². The Kier molecular flexibility index (Phi) is 10.0. The number of thiol groups is 1. The summed E-state index contributed by atoms with van der Waals surface area (Å²) in [5.74, 6) is -0.815. The number of hydrogen-bond acceptors (Lipinski definition) is 4. The normalized spacial score (nSPS) is 11.7. The van der Waals surface area contributed by atoms with Gasteiger partial charge >= 0.3 is 32.7 Å². The van der Waals surface area contributed by atoms with Gasteiger partial charge in [-0.3, -0.25) is 4.79 Å². The average Bonchev–Trinajstić information content (AvgIpc) is 1.85. The Hall–Kier alpha value is 0.0195. The zero-order valence-electron chi connectivity index (χ0n) is 5.38. The number of nitrogens with two attached hydrogens (primary N) is 1. The van der Waals surface area contributed by atoms with Crippen LogP contribution in [0.15, 0.2) is 0 Å². The van der Waals surface area contributed by atoms with E-state index in [0.717, 1.165) is 0 Å². The van der Waals surface area contributed by atoms with Crippen molar-refractivity contribution in [3.8, 4) is 0 Å². The van der Waals surface area contributed by atoms with Gasteiger partial charge in [0, 0.05) is 5.75 Å². The molecule has 0 radical (unpaired) electrons. The molecule has 8 heteroatoms. The first kappa shape index (κ1) is 13.6. The molecule has 0 aromatic carbocycles. The van der Waals surface area contributed by atoms with E-state index >= 15 is 0 Å². The third-order valence-corrected chi connectivity index (χ3v) is 0.907. The summed E-state index contributed by atoms with van der Waals surface area (Å²) in [6.45, 7) is 0. The summed E-state index contributed by atoms with van der Waals surface area (Å²) in [5, 5.41) is 8.01. The Morgan fingerprint density at radius 2 is 1.91 bits per heavy atom. The van der Waals surface area contributed by atoms with Crippen LogP contribution in [0, 0.1) is 0 Å². The maximum absolute atomic E-state index is 9.76. The van der Waals surface area contributed by atoms with E-state index in [1.807, 2.05) is 0 Å². The summed E-state index contributed by atoms with van der Waals surface area (Å²) in [6, 6.07) is -0.816. The molecule has 0 unspecified atom stereocenters. The Morgan fingerprint density at radius 3 is 1.91 bits per heavy atom. The molecule has 11 heavy (non-hydrogen) atoms. The molecule has 0 aromatic heterocycles. The molecule has 0 amide bonds. The van der Waals surface area contributed by atoms with Gasteiger partial charge in [0.15, 0.2) is 0 Å². The molecule has 0 bridgehead atoms. The fraction of sp³-hybridized carbons (Fsp3) is 0.667. The van der Waals surface area contributed by atoms with Gasteiger partial charge in [-0.25, -0.2) is 0 Å². The molecule has 1 atom stereocenters. The third kappa shape index (κ3) is 17.8. The van der Waals surface area contributed by atoms with E-state index in [1.165, 1.54) is 0 Å². The first-order valence-electron chi connectivity index (χ1n) is 2.31. The monoisotopic (exact) mass is 251 g/mol. The Balaban J connectivity index is 0. The van der Waals surface area contributed by atoms with Crippen molar-refractivity contribution >= 4 is 33.1 Å². The first-order valence-corrected chi connectivity index (χ1v) is 5.17. The van der Waals surface area contributed by atoms with Crippen LogP contribution in [0.2, 0.25) is 0 Å². The van der Waals surface area contributed by atoms with Gasteiger partial charge in [-0.2, -0.15) is 12.6 Å². The number of hydrogen-bond donors (Lipinski definition) is 5. The standard InChI is InChI=1S/C3H7NO2S.H2O3Se/c4-2(1-7)3(5)6;1-4(2)3/h2,7H,1,4H2,(H,5,6);(H2,1,2,3)/t2-;/m0./s1. The topological polar surface area (TPSA) is 121 Å². The van der Waals surface area contributed by atoms with Crippen LogP contribution >= 0.6 is 12.6 Å². The molecular weight excluding hydrogens is 241 g/mol. The van der Waals surface area contributed by atoms with Crippen LogP contribution in [0.1, 0.15) is 0 Å². The van der Waals surface area contributed by atoms with Crippen LogP contribution in [0.3, 0.4) is 0 Å². The van der Waals surface area contributed by atoms with Gasteiger partial charge < -0.3 is 10.8 Å². The van der Waals surface area contributed by atoms with Gasteiger partial charge in [-0.1, -0.05) is 0 Å². The summed E-state index contributed by atoms with van der Waals surface area (Å²) in [5.41, 5.74) is 4.94. The van der Waals surface area contributed by atoms with E-state index in [-0.39, 0.29) is 5.75 Å². The molecule has 0 aliphatic heterocycles. The van der Waals surface area contributed by atoms with Crippen molar-refractivity contribution in [1.82, 2.24) is 0 Å². The van der Waals surface area contributed by atoms with Crippen molar-refractivity contribution in [1.29, 1.82) is 0 Å². The van der Waals surface area contributed by atoms with E-state index < -0.39 is 26.5 Å².